The van der Waals surface area contributed by atoms with Crippen LogP contribution in [0, 0.1) is 24.7 Å². The highest BCUT2D eigenvalue weighted by atomic mass is 15.1. The van der Waals surface area contributed by atoms with Crippen LogP contribution in [0.1, 0.15) is 11.6 Å². The molecule has 30 heavy (non-hydrogen) atoms. The molecule has 0 saturated carbocycles. The molecule has 0 aliphatic carbocycles. The number of nitrogens with two attached hydrogens (primary N) is 2. The van der Waals surface area contributed by atoms with Gasteiger partial charge < -0.3 is 11.5 Å². The number of imidazole rings is 2. The summed E-state index contributed by atoms with van der Waals surface area (Å²) in [4.78, 5) is 9.29. The van der Waals surface area contributed by atoms with Gasteiger partial charge in [-0.2, -0.15) is 0 Å². The molecule has 5 aromatic rings. The number of hydrogen-bond donors (Lipinski definition) is 2. The molecule has 0 aliphatic rings. The summed E-state index contributed by atoms with van der Waals surface area (Å²) in [6, 6.07) is 18.8. The molecular weight excluding hydrogens is 372 g/mol. The normalized spacial score (nSPS) is 10.9. The molecule has 0 amide bonds. The Bertz CT molecular complexity index is 1390. The van der Waals surface area contributed by atoms with E-state index in [0.717, 1.165) is 33.4 Å². The van der Waals surface area contributed by atoms with Crippen molar-refractivity contribution in [3.63, 3.8) is 0 Å². The third-order valence-corrected chi connectivity index (χ3v) is 4.99. The monoisotopic (exact) mass is 388 g/mol. The van der Waals surface area contributed by atoms with Crippen LogP contribution in [0.3, 0.4) is 0 Å². The lowest BCUT2D eigenvalue weighted by atomic mass is 10.2. The zero-order valence-electron chi connectivity index (χ0n) is 15.9. The maximum Gasteiger partial charge on any atom is 0.190 e. The van der Waals surface area contributed by atoms with Gasteiger partial charge in [0.25, 0.3) is 0 Å². The molecule has 6 heteroatoms. The fourth-order valence-corrected chi connectivity index (χ4v) is 3.61. The Labute approximate surface area is 172 Å². The molecular formula is C24H16N6. The van der Waals surface area contributed by atoms with Crippen molar-refractivity contribution in [2.45, 2.75) is 0 Å². The highest BCUT2D eigenvalue weighted by Crippen LogP contribution is 2.29. The van der Waals surface area contributed by atoms with Crippen LogP contribution < -0.4 is 11.5 Å². The third-order valence-electron chi connectivity index (χ3n) is 4.99. The largest absolute Gasteiger partial charge is 0.399 e. The Morgan fingerprint density at radius 3 is 1.33 bits per heavy atom. The van der Waals surface area contributed by atoms with E-state index in [1.807, 2.05) is 69.8 Å². The molecule has 3 aromatic carbocycles. The summed E-state index contributed by atoms with van der Waals surface area (Å²) in [5.74, 6) is 6.33. The first-order valence-electron chi connectivity index (χ1n) is 9.19. The molecule has 4 N–H and O–H groups in total. The van der Waals surface area contributed by atoms with Gasteiger partial charge >= 0.3 is 0 Å². The van der Waals surface area contributed by atoms with Crippen molar-refractivity contribution in [2.75, 3.05) is 11.5 Å². The minimum atomic E-state index is 0.499. The number of fused-ring (bicyclic) bond motifs is 2. The molecule has 6 nitrogen and oxygen atoms in total. The fourth-order valence-electron chi connectivity index (χ4n) is 3.61. The molecule has 0 radical (unpaired) electrons. The molecule has 0 atom stereocenters. The molecule has 142 valence electrons. The maximum atomic E-state index is 5.83. The zero-order chi connectivity index (χ0) is 20.8. The van der Waals surface area contributed by atoms with Gasteiger partial charge in [0.1, 0.15) is 0 Å². The predicted molar refractivity (Wildman–Crippen MR) is 120 cm³/mol. The van der Waals surface area contributed by atoms with Crippen molar-refractivity contribution in [1.82, 2.24) is 19.1 Å². The molecule has 0 unspecified atom stereocenters. The van der Waals surface area contributed by atoms with Gasteiger partial charge in [0.15, 0.2) is 11.6 Å². The summed E-state index contributed by atoms with van der Waals surface area (Å²) in [5.41, 5.74) is 17.9. The van der Waals surface area contributed by atoms with E-state index >= 15 is 0 Å². The van der Waals surface area contributed by atoms with Crippen LogP contribution in [0.15, 0.2) is 60.7 Å². The summed E-state index contributed by atoms with van der Waals surface area (Å²) in [6.45, 7) is 0. The highest BCUT2D eigenvalue weighted by Gasteiger charge is 2.17. The first-order chi connectivity index (χ1) is 14.6. The van der Waals surface area contributed by atoms with Crippen LogP contribution in [0.5, 0.6) is 0 Å². The van der Waals surface area contributed by atoms with Crippen molar-refractivity contribution < 1.29 is 0 Å². The van der Waals surface area contributed by atoms with Gasteiger partial charge in [0.2, 0.25) is 0 Å². The van der Waals surface area contributed by atoms with Crippen LogP contribution in [0.4, 0.5) is 11.4 Å². The number of terminal acetylenes is 2. The Hall–Kier alpha value is -4.68. The van der Waals surface area contributed by atoms with Crippen LogP contribution >= 0.6 is 0 Å². The summed E-state index contributed by atoms with van der Waals surface area (Å²) >= 11 is 0. The standard InChI is InChI=1S/C24H16N6/c1-3-23-27-19-13-22-20(14-21(19)29(23)17-9-5-15(25)6-10-17)28-24(4-2)30(22)18-11-7-16(26)8-12-18/h1-2,5-14H,25-26H2. The lowest BCUT2D eigenvalue weighted by molar-refractivity contribution is 1.06. The number of rotatable bonds is 2. The van der Waals surface area contributed by atoms with Crippen LogP contribution in [-0.4, -0.2) is 19.1 Å². The molecule has 0 aliphatic heterocycles. The van der Waals surface area contributed by atoms with Gasteiger partial charge in [-0.1, -0.05) is 0 Å². The lowest BCUT2D eigenvalue weighted by Crippen LogP contribution is -1.98. The average Bonchev–Trinajstić information content (AvgIpc) is 3.30. The summed E-state index contributed by atoms with van der Waals surface area (Å²) in [5, 5.41) is 0. The van der Waals surface area contributed by atoms with E-state index in [1.165, 1.54) is 0 Å². The molecule has 5 rings (SSSR count). The number of nitrogen functional groups attached to an aromatic ring is 2. The van der Waals surface area contributed by atoms with Crippen LogP contribution in [0.25, 0.3) is 33.4 Å². The maximum absolute atomic E-state index is 5.83. The number of hydrogen-bond acceptors (Lipinski definition) is 4. The summed E-state index contributed by atoms with van der Waals surface area (Å²) < 4.78 is 3.82. The number of nitrogens with zero attached hydrogens (tertiary/aromatic N) is 4. The van der Waals surface area contributed by atoms with Crippen molar-refractivity contribution in [3.8, 4) is 36.1 Å². The van der Waals surface area contributed by atoms with Gasteiger partial charge in [-0.05, 0) is 72.5 Å². The van der Waals surface area contributed by atoms with E-state index in [1.54, 1.807) is 0 Å². The Kier molecular flexibility index (Phi) is 3.74. The highest BCUT2D eigenvalue weighted by molar-refractivity contribution is 5.94. The van der Waals surface area contributed by atoms with Crippen LogP contribution in [-0.2, 0) is 0 Å². The molecule has 0 fully saturated rings. The topological polar surface area (TPSA) is 87.7 Å². The smallest absolute Gasteiger partial charge is 0.190 e. The lowest BCUT2D eigenvalue weighted by Gasteiger charge is -2.08. The predicted octanol–water partition coefficient (Wildman–Crippen LogP) is 3.49. The molecule has 0 spiro atoms. The van der Waals surface area contributed by atoms with Crippen molar-refractivity contribution in [2.24, 2.45) is 0 Å². The second-order valence-corrected chi connectivity index (χ2v) is 6.84. The van der Waals surface area contributed by atoms with Crippen molar-refractivity contribution in [1.29, 1.82) is 0 Å². The first kappa shape index (κ1) is 17.4. The molecule has 0 saturated heterocycles. The van der Waals surface area contributed by atoms with Gasteiger partial charge in [0.05, 0.1) is 22.1 Å². The van der Waals surface area contributed by atoms with Gasteiger partial charge in [-0.15, -0.1) is 12.8 Å². The van der Waals surface area contributed by atoms with E-state index in [2.05, 4.69) is 21.8 Å². The summed E-state index contributed by atoms with van der Waals surface area (Å²) in [6.07, 6.45) is 11.5. The third kappa shape index (κ3) is 2.56. The number of benzene rings is 3. The second kappa shape index (κ2) is 6.44. The van der Waals surface area contributed by atoms with Gasteiger partial charge in [-0.3, -0.25) is 9.13 Å². The van der Waals surface area contributed by atoms with E-state index in [4.69, 9.17) is 24.3 Å². The minimum absolute atomic E-state index is 0.499. The van der Waals surface area contributed by atoms with Gasteiger partial charge in [0, 0.05) is 22.7 Å². The van der Waals surface area contributed by atoms with Gasteiger partial charge in [-0.25, -0.2) is 9.97 Å². The zero-order valence-corrected chi connectivity index (χ0v) is 15.9. The minimum Gasteiger partial charge on any atom is -0.399 e. The summed E-state index contributed by atoms with van der Waals surface area (Å²) in [7, 11) is 0. The van der Waals surface area contributed by atoms with Crippen LogP contribution in [0.2, 0.25) is 0 Å². The van der Waals surface area contributed by atoms with E-state index in [-0.39, 0.29) is 0 Å². The fraction of sp³-hybridized carbons (Fsp3) is 0. The van der Waals surface area contributed by atoms with E-state index in [0.29, 0.717) is 23.0 Å². The van der Waals surface area contributed by atoms with Crippen molar-refractivity contribution in [3.05, 3.63) is 72.3 Å². The average molecular weight is 388 g/mol. The van der Waals surface area contributed by atoms with Crippen molar-refractivity contribution >= 4 is 33.4 Å². The SMILES string of the molecule is C#Cc1nc2cc3c(cc2n1-c1ccc(N)cc1)nc(C#C)n3-c1ccc(N)cc1. The van der Waals surface area contributed by atoms with E-state index in [9.17, 15) is 0 Å². The molecule has 2 aromatic heterocycles. The molecule has 0 bridgehead atoms. The number of anilines is 2. The first-order valence-corrected chi connectivity index (χ1v) is 9.19. The second-order valence-electron chi connectivity index (χ2n) is 6.84. The Balaban J connectivity index is 1.82. The Morgan fingerprint density at radius 1 is 0.633 bits per heavy atom. The Morgan fingerprint density at radius 2 is 1.00 bits per heavy atom. The molecule has 2 heterocycles. The van der Waals surface area contributed by atoms with E-state index < -0.39 is 0 Å². The number of aromatic nitrogens is 4. The quantitative estimate of drug-likeness (QED) is 0.358.